The number of carbonyl (C=O) groups excluding carboxylic acids is 2. The van der Waals surface area contributed by atoms with Crippen LogP contribution >= 0.6 is 0 Å². The first-order valence-electron chi connectivity index (χ1n) is 10.6. The van der Waals surface area contributed by atoms with Gasteiger partial charge in [0.05, 0.1) is 0 Å². The van der Waals surface area contributed by atoms with Crippen LogP contribution in [0, 0.1) is 0 Å². The Morgan fingerprint density at radius 2 is 1.14 bits per heavy atom. The molecule has 0 aliphatic carbocycles. The van der Waals surface area contributed by atoms with Gasteiger partial charge in [-0.3, -0.25) is 14.4 Å². The van der Waals surface area contributed by atoms with Gasteiger partial charge >= 0.3 is 11.9 Å². The molecule has 0 fully saturated rings. The van der Waals surface area contributed by atoms with Crippen molar-refractivity contribution in [3.8, 4) is 0 Å². The predicted octanol–water partition coefficient (Wildman–Crippen LogP) is 3.99. The molecule has 0 heterocycles. The lowest BCUT2D eigenvalue weighted by Crippen LogP contribution is -2.40. The summed E-state index contributed by atoms with van der Waals surface area (Å²) in [5.41, 5.74) is 0. The maximum absolute atomic E-state index is 11.8. The average molecular weight is 399 g/mol. The van der Waals surface area contributed by atoms with Gasteiger partial charge in [0.25, 0.3) is 0 Å². The molecule has 0 unspecified atom stereocenters. The number of hydrogen-bond donors (Lipinski definition) is 3. The fraction of sp³-hybridized carbons (Fsp3) is 0.810. The molecular formula is C21H36NO6. The van der Waals surface area contributed by atoms with Gasteiger partial charge in [-0.05, 0) is 19.3 Å². The van der Waals surface area contributed by atoms with Crippen LogP contribution in [0.15, 0.2) is 0 Å². The van der Waals surface area contributed by atoms with Crippen molar-refractivity contribution < 1.29 is 29.4 Å². The van der Waals surface area contributed by atoms with Gasteiger partial charge in [-0.2, -0.15) is 0 Å². The third-order valence-electron chi connectivity index (χ3n) is 4.71. The number of aliphatic carboxylic acids is 2. The van der Waals surface area contributed by atoms with Gasteiger partial charge < -0.3 is 15.5 Å². The number of rotatable bonds is 20. The van der Waals surface area contributed by atoms with E-state index in [-0.39, 0.29) is 25.2 Å². The Kier molecular flexibility index (Phi) is 17.2. The molecule has 0 aromatic rings. The summed E-state index contributed by atoms with van der Waals surface area (Å²) in [6.45, 7) is 0. The Labute approximate surface area is 168 Å². The standard InChI is InChI=1S/C21H36NO6/c23-17-13-14-18(21(27)28)22-19(24)15-11-9-7-5-3-1-2-4-6-8-10-12-16-20(25)26/h18H,1-16H2,(H,22,24)(H,25,26)(H,27,28)/t18-/m0/s1. The second-order valence-corrected chi connectivity index (χ2v) is 7.28. The topological polar surface area (TPSA) is 121 Å². The van der Waals surface area contributed by atoms with Crippen LogP contribution in [0.2, 0.25) is 0 Å². The van der Waals surface area contributed by atoms with E-state index in [2.05, 4.69) is 5.32 Å². The molecule has 0 aliphatic rings. The van der Waals surface area contributed by atoms with Gasteiger partial charge in [0.1, 0.15) is 6.04 Å². The van der Waals surface area contributed by atoms with E-state index in [0.29, 0.717) is 6.42 Å². The third-order valence-corrected chi connectivity index (χ3v) is 4.71. The van der Waals surface area contributed by atoms with Gasteiger partial charge in [0.2, 0.25) is 5.91 Å². The number of hydrogen-bond acceptors (Lipinski definition) is 4. The number of carboxylic acid groups (broad SMARTS) is 2. The Bertz CT molecular complexity index is 452. The molecule has 0 rings (SSSR count). The molecule has 3 N–H and O–H groups in total. The van der Waals surface area contributed by atoms with Crippen LogP contribution in [0.1, 0.15) is 103 Å². The van der Waals surface area contributed by atoms with Crippen molar-refractivity contribution in [3.05, 3.63) is 0 Å². The number of amides is 1. The molecule has 7 heteroatoms. The maximum Gasteiger partial charge on any atom is 0.326 e. The number of nitrogens with one attached hydrogen (secondary N) is 1. The quantitative estimate of drug-likeness (QED) is 0.267. The van der Waals surface area contributed by atoms with Gasteiger partial charge in [0.15, 0.2) is 6.29 Å². The molecule has 1 amide bonds. The highest BCUT2D eigenvalue weighted by Gasteiger charge is 2.18. The molecule has 161 valence electrons. The van der Waals surface area contributed by atoms with Crippen LogP contribution in [0.4, 0.5) is 0 Å². The van der Waals surface area contributed by atoms with Crippen LogP contribution in [0.5, 0.6) is 0 Å². The van der Waals surface area contributed by atoms with Crippen LogP contribution in [-0.2, 0) is 19.2 Å². The monoisotopic (exact) mass is 398 g/mol. The van der Waals surface area contributed by atoms with E-state index in [9.17, 15) is 19.2 Å². The second-order valence-electron chi connectivity index (χ2n) is 7.28. The van der Waals surface area contributed by atoms with E-state index < -0.39 is 18.0 Å². The molecule has 1 atom stereocenters. The van der Waals surface area contributed by atoms with Crippen molar-refractivity contribution in [2.75, 3.05) is 0 Å². The zero-order valence-electron chi connectivity index (χ0n) is 16.9. The summed E-state index contributed by atoms with van der Waals surface area (Å²) < 4.78 is 0. The summed E-state index contributed by atoms with van der Waals surface area (Å²) in [4.78, 5) is 43.3. The fourth-order valence-electron chi connectivity index (χ4n) is 3.06. The summed E-state index contributed by atoms with van der Waals surface area (Å²) in [6.07, 6.45) is 15.1. The Morgan fingerprint density at radius 1 is 0.714 bits per heavy atom. The number of carboxylic acids is 2. The summed E-state index contributed by atoms with van der Waals surface area (Å²) in [7, 11) is 0. The van der Waals surface area contributed by atoms with E-state index in [1.807, 2.05) is 0 Å². The average Bonchev–Trinajstić information content (AvgIpc) is 2.64. The van der Waals surface area contributed by atoms with Crippen molar-refractivity contribution in [3.63, 3.8) is 0 Å². The summed E-state index contributed by atoms with van der Waals surface area (Å²) in [5.74, 6) is -2.11. The highest BCUT2D eigenvalue weighted by Crippen LogP contribution is 2.13. The first-order valence-corrected chi connectivity index (χ1v) is 10.6. The minimum atomic E-state index is -1.12. The van der Waals surface area contributed by atoms with Crippen molar-refractivity contribution in [1.82, 2.24) is 5.32 Å². The molecule has 1 radical (unpaired) electrons. The van der Waals surface area contributed by atoms with Gasteiger partial charge in [-0.25, -0.2) is 4.79 Å². The molecule has 0 saturated carbocycles. The highest BCUT2D eigenvalue weighted by molar-refractivity contribution is 5.83. The molecule has 7 nitrogen and oxygen atoms in total. The molecule has 0 spiro atoms. The van der Waals surface area contributed by atoms with E-state index >= 15 is 0 Å². The maximum atomic E-state index is 11.8. The van der Waals surface area contributed by atoms with Gasteiger partial charge in [-0.1, -0.05) is 64.2 Å². The Balaban J connectivity index is 3.42. The minimum absolute atomic E-state index is 0.00195. The lowest BCUT2D eigenvalue weighted by Gasteiger charge is -2.12. The van der Waals surface area contributed by atoms with Crippen LogP contribution < -0.4 is 5.32 Å². The van der Waals surface area contributed by atoms with Crippen LogP contribution in [0.25, 0.3) is 0 Å². The van der Waals surface area contributed by atoms with Crippen molar-refractivity contribution in [2.24, 2.45) is 0 Å². The molecular weight excluding hydrogens is 362 g/mol. The first-order chi connectivity index (χ1) is 13.5. The molecule has 0 saturated heterocycles. The van der Waals surface area contributed by atoms with Crippen LogP contribution in [0.3, 0.4) is 0 Å². The third kappa shape index (κ3) is 17.5. The summed E-state index contributed by atoms with van der Waals surface area (Å²) in [5, 5.41) is 20.0. The smallest absolute Gasteiger partial charge is 0.326 e. The zero-order valence-corrected chi connectivity index (χ0v) is 16.9. The highest BCUT2D eigenvalue weighted by atomic mass is 16.4. The van der Waals surface area contributed by atoms with Crippen molar-refractivity contribution in [2.45, 2.75) is 109 Å². The second kappa shape index (κ2) is 18.4. The Morgan fingerprint density at radius 3 is 1.54 bits per heavy atom. The number of unbranched alkanes of at least 4 members (excludes halogenated alkanes) is 11. The van der Waals surface area contributed by atoms with Crippen molar-refractivity contribution in [1.29, 1.82) is 0 Å². The first kappa shape index (κ1) is 26.1. The molecule has 0 bridgehead atoms. The number of carbonyl (C=O) groups is 3. The molecule has 0 aromatic carbocycles. The largest absolute Gasteiger partial charge is 0.481 e. The van der Waals surface area contributed by atoms with Gasteiger partial charge in [0, 0.05) is 19.3 Å². The summed E-state index contributed by atoms with van der Waals surface area (Å²) in [6, 6.07) is -1.01. The Hall–Kier alpha value is -1.92. The molecule has 28 heavy (non-hydrogen) atoms. The summed E-state index contributed by atoms with van der Waals surface area (Å²) >= 11 is 0. The van der Waals surface area contributed by atoms with E-state index in [1.54, 1.807) is 6.29 Å². The fourth-order valence-corrected chi connectivity index (χ4v) is 3.06. The lowest BCUT2D eigenvalue weighted by atomic mass is 10.0. The minimum Gasteiger partial charge on any atom is -0.481 e. The zero-order chi connectivity index (χ0) is 21.0. The molecule has 0 aromatic heterocycles. The lowest BCUT2D eigenvalue weighted by molar-refractivity contribution is -0.142. The van der Waals surface area contributed by atoms with E-state index in [1.165, 1.54) is 32.1 Å². The SMILES string of the molecule is O=[C]CC[C@H](NC(=O)CCCCCCCCCCCCCCC(=O)O)C(=O)O. The van der Waals surface area contributed by atoms with Crippen molar-refractivity contribution >= 4 is 24.1 Å². The van der Waals surface area contributed by atoms with Gasteiger partial charge in [-0.15, -0.1) is 0 Å². The van der Waals surface area contributed by atoms with Crippen LogP contribution in [-0.4, -0.2) is 40.4 Å². The van der Waals surface area contributed by atoms with E-state index in [0.717, 1.165) is 44.9 Å². The molecule has 0 aliphatic heterocycles. The normalized spacial score (nSPS) is 11.7. The predicted molar refractivity (Wildman–Crippen MR) is 107 cm³/mol. The van der Waals surface area contributed by atoms with E-state index in [4.69, 9.17) is 10.2 Å².